The Hall–Kier alpha value is -0.870. The highest BCUT2D eigenvalue weighted by molar-refractivity contribution is 8.93. The molecule has 0 aliphatic rings. The summed E-state index contributed by atoms with van der Waals surface area (Å²) in [6.07, 6.45) is 0.932. The van der Waals surface area contributed by atoms with Crippen LogP contribution in [-0.4, -0.2) is 4.98 Å². The molecule has 2 rings (SSSR count). The summed E-state index contributed by atoms with van der Waals surface area (Å²) in [6.45, 7) is 4.11. The molecule has 0 spiro atoms. The van der Waals surface area contributed by atoms with Crippen molar-refractivity contribution < 1.29 is 0 Å². The number of benzene rings is 1. The van der Waals surface area contributed by atoms with Gasteiger partial charge in [0, 0.05) is 11.3 Å². The minimum absolute atomic E-state index is 0. The van der Waals surface area contributed by atoms with E-state index in [9.17, 15) is 0 Å². The molecule has 86 valence electrons. The number of hydrogen-bond acceptors (Lipinski definition) is 3. The molecule has 4 heteroatoms. The number of aromatic nitrogens is 1. The summed E-state index contributed by atoms with van der Waals surface area (Å²) in [6, 6.07) is 8.58. The minimum Gasteiger partial charge on any atom is -0.375 e. The zero-order valence-corrected chi connectivity index (χ0v) is 11.9. The van der Waals surface area contributed by atoms with Crippen LogP contribution in [0.25, 0.3) is 0 Å². The fraction of sp³-hybridized carbons (Fsp3) is 0.250. The summed E-state index contributed by atoms with van der Waals surface area (Å²) < 4.78 is 0. The standard InChI is InChI=1S/C12H14N2S.BrH/c1-8-3-5-10(6-4-8)7-11-9(2)14-12(13)15-11;/h3-6H,7H2,1-2H3,(H2,13,14);1H. The third kappa shape index (κ3) is 3.06. The van der Waals surface area contributed by atoms with Crippen molar-refractivity contribution in [3.8, 4) is 0 Å². The summed E-state index contributed by atoms with van der Waals surface area (Å²) in [5.74, 6) is 0. The van der Waals surface area contributed by atoms with E-state index in [2.05, 4.69) is 36.2 Å². The van der Waals surface area contributed by atoms with Gasteiger partial charge in [-0.15, -0.1) is 28.3 Å². The quantitative estimate of drug-likeness (QED) is 0.921. The molecule has 2 N–H and O–H groups in total. The Morgan fingerprint density at radius 2 is 1.81 bits per heavy atom. The average molecular weight is 299 g/mol. The number of nitrogens with zero attached hydrogens (tertiary/aromatic N) is 1. The van der Waals surface area contributed by atoms with Crippen LogP contribution in [0.4, 0.5) is 5.13 Å². The van der Waals surface area contributed by atoms with Gasteiger partial charge in [0.05, 0.1) is 5.69 Å². The number of thiazole rings is 1. The Labute approximate surface area is 110 Å². The molecule has 0 bridgehead atoms. The molecule has 0 saturated carbocycles. The third-order valence-electron chi connectivity index (χ3n) is 2.39. The summed E-state index contributed by atoms with van der Waals surface area (Å²) >= 11 is 1.58. The van der Waals surface area contributed by atoms with Gasteiger partial charge in [-0.25, -0.2) is 4.98 Å². The Bertz CT molecular complexity index is 462. The highest BCUT2D eigenvalue weighted by Crippen LogP contribution is 2.22. The van der Waals surface area contributed by atoms with Gasteiger partial charge in [0.25, 0.3) is 0 Å². The van der Waals surface area contributed by atoms with E-state index in [1.807, 2.05) is 6.92 Å². The van der Waals surface area contributed by atoms with E-state index in [1.165, 1.54) is 16.0 Å². The van der Waals surface area contributed by atoms with E-state index in [0.29, 0.717) is 5.13 Å². The fourth-order valence-electron chi connectivity index (χ4n) is 1.51. The number of nitrogens with two attached hydrogens (primary N) is 1. The van der Waals surface area contributed by atoms with Gasteiger partial charge in [-0.2, -0.15) is 0 Å². The molecule has 2 nitrogen and oxygen atoms in total. The van der Waals surface area contributed by atoms with Gasteiger partial charge in [0.2, 0.25) is 0 Å². The molecule has 0 aliphatic carbocycles. The minimum atomic E-state index is 0. The molecule has 2 aromatic rings. The van der Waals surface area contributed by atoms with Crippen molar-refractivity contribution in [1.29, 1.82) is 0 Å². The highest BCUT2D eigenvalue weighted by atomic mass is 79.9. The predicted molar refractivity (Wildman–Crippen MR) is 75.6 cm³/mol. The van der Waals surface area contributed by atoms with Gasteiger partial charge < -0.3 is 5.73 Å². The number of rotatable bonds is 2. The van der Waals surface area contributed by atoms with Gasteiger partial charge in [0.15, 0.2) is 5.13 Å². The predicted octanol–water partition coefficient (Wildman–Crippen LogP) is 3.51. The van der Waals surface area contributed by atoms with E-state index in [1.54, 1.807) is 11.3 Å². The van der Waals surface area contributed by atoms with Crippen LogP contribution < -0.4 is 5.73 Å². The summed E-state index contributed by atoms with van der Waals surface area (Å²) in [7, 11) is 0. The first-order chi connectivity index (χ1) is 7.15. The van der Waals surface area contributed by atoms with Gasteiger partial charge in [0.1, 0.15) is 0 Å². The van der Waals surface area contributed by atoms with Crippen molar-refractivity contribution in [2.45, 2.75) is 20.3 Å². The Balaban J connectivity index is 0.00000128. The van der Waals surface area contributed by atoms with E-state index in [4.69, 9.17) is 5.73 Å². The van der Waals surface area contributed by atoms with Gasteiger partial charge in [-0.05, 0) is 19.4 Å². The number of anilines is 1. The topological polar surface area (TPSA) is 38.9 Å². The second kappa shape index (κ2) is 5.46. The number of nitrogen functional groups attached to an aromatic ring is 1. The van der Waals surface area contributed by atoms with Crippen molar-refractivity contribution >= 4 is 33.4 Å². The van der Waals surface area contributed by atoms with Crippen molar-refractivity contribution in [3.05, 3.63) is 46.0 Å². The average Bonchev–Trinajstić information content (AvgIpc) is 2.49. The molecule has 1 aromatic heterocycles. The van der Waals surface area contributed by atoms with Crippen molar-refractivity contribution in [2.75, 3.05) is 5.73 Å². The zero-order chi connectivity index (χ0) is 10.8. The number of hydrogen-bond donors (Lipinski definition) is 1. The van der Waals surface area contributed by atoms with Crippen LogP contribution in [0.5, 0.6) is 0 Å². The lowest BCUT2D eigenvalue weighted by Gasteiger charge is -2.00. The van der Waals surface area contributed by atoms with Crippen LogP contribution in [0.1, 0.15) is 21.7 Å². The maximum Gasteiger partial charge on any atom is 0.180 e. The lowest BCUT2D eigenvalue weighted by Crippen LogP contribution is -1.87. The first-order valence-electron chi connectivity index (χ1n) is 4.92. The Kier molecular flexibility index (Phi) is 4.50. The third-order valence-corrected chi connectivity index (χ3v) is 3.38. The summed E-state index contributed by atoms with van der Waals surface area (Å²) in [5, 5.41) is 0.662. The summed E-state index contributed by atoms with van der Waals surface area (Å²) in [5.41, 5.74) is 9.32. The molecule has 0 aliphatic heterocycles. The molecule has 16 heavy (non-hydrogen) atoms. The molecule has 0 radical (unpaired) electrons. The van der Waals surface area contributed by atoms with Crippen molar-refractivity contribution in [3.63, 3.8) is 0 Å². The van der Waals surface area contributed by atoms with Crippen LogP contribution in [0.3, 0.4) is 0 Å². The summed E-state index contributed by atoms with van der Waals surface area (Å²) in [4.78, 5) is 5.48. The fourth-order valence-corrected chi connectivity index (χ4v) is 2.37. The van der Waals surface area contributed by atoms with E-state index >= 15 is 0 Å². The lowest BCUT2D eigenvalue weighted by atomic mass is 10.1. The Morgan fingerprint density at radius 1 is 1.19 bits per heavy atom. The SMILES string of the molecule is Br.Cc1ccc(Cc2sc(N)nc2C)cc1. The van der Waals surface area contributed by atoms with E-state index in [-0.39, 0.29) is 17.0 Å². The maximum absolute atomic E-state index is 5.66. The van der Waals surface area contributed by atoms with Crippen LogP contribution in [-0.2, 0) is 6.42 Å². The van der Waals surface area contributed by atoms with Gasteiger partial charge in [-0.3, -0.25) is 0 Å². The van der Waals surface area contributed by atoms with E-state index < -0.39 is 0 Å². The molecule has 0 fully saturated rings. The smallest absolute Gasteiger partial charge is 0.180 e. The zero-order valence-electron chi connectivity index (χ0n) is 9.36. The number of aryl methyl sites for hydroxylation is 2. The van der Waals surface area contributed by atoms with Crippen molar-refractivity contribution in [1.82, 2.24) is 4.98 Å². The molecular formula is C12H15BrN2S. The molecule has 0 unspecified atom stereocenters. The first kappa shape index (κ1) is 13.2. The Morgan fingerprint density at radius 3 is 2.31 bits per heavy atom. The van der Waals surface area contributed by atoms with Gasteiger partial charge in [-0.1, -0.05) is 29.8 Å². The second-order valence-electron chi connectivity index (χ2n) is 3.72. The highest BCUT2D eigenvalue weighted by Gasteiger charge is 2.05. The van der Waals surface area contributed by atoms with Crippen molar-refractivity contribution in [2.24, 2.45) is 0 Å². The molecule has 1 heterocycles. The van der Waals surface area contributed by atoms with Crippen LogP contribution >= 0.6 is 28.3 Å². The number of halogens is 1. The molecule has 0 amide bonds. The molecule has 0 saturated heterocycles. The largest absolute Gasteiger partial charge is 0.375 e. The monoisotopic (exact) mass is 298 g/mol. The molecular weight excluding hydrogens is 284 g/mol. The lowest BCUT2D eigenvalue weighted by molar-refractivity contribution is 1.15. The van der Waals surface area contributed by atoms with E-state index in [0.717, 1.165) is 12.1 Å². The van der Waals surface area contributed by atoms with Crippen LogP contribution in [0.2, 0.25) is 0 Å². The second-order valence-corrected chi connectivity index (χ2v) is 4.84. The van der Waals surface area contributed by atoms with Gasteiger partial charge >= 0.3 is 0 Å². The van der Waals surface area contributed by atoms with Crippen LogP contribution in [0.15, 0.2) is 24.3 Å². The molecule has 1 aromatic carbocycles. The van der Waals surface area contributed by atoms with Crippen LogP contribution in [0, 0.1) is 13.8 Å². The maximum atomic E-state index is 5.66. The molecule has 0 atom stereocenters. The normalized spacial score (nSPS) is 9.88. The first-order valence-corrected chi connectivity index (χ1v) is 5.74.